The Hall–Kier alpha value is -3.48. The predicted molar refractivity (Wildman–Crippen MR) is 109 cm³/mol. The zero-order valence-electron chi connectivity index (χ0n) is 16.1. The summed E-state index contributed by atoms with van der Waals surface area (Å²) in [6, 6.07) is 4.49. The van der Waals surface area contributed by atoms with Gasteiger partial charge in [0.1, 0.15) is 28.5 Å². The number of fused-ring (bicyclic) bond motifs is 2. The number of phenolic OH excluding ortho intramolecular Hbond substituents is 2. The highest BCUT2D eigenvalue weighted by Gasteiger charge is 2.32. The molecule has 2 aliphatic rings. The summed E-state index contributed by atoms with van der Waals surface area (Å²) >= 11 is 0. The Labute approximate surface area is 167 Å². The molecule has 5 rings (SSSR count). The van der Waals surface area contributed by atoms with Crippen LogP contribution in [0.15, 0.2) is 36.4 Å². The van der Waals surface area contributed by atoms with Gasteiger partial charge in [-0.2, -0.15) is 0 Å². The van der Waals surface area contributed by atoms with Crippen LogP contribution in [0, 0.1) is 0 Å². The van der Waals surface area contributed by atoms with Crippen LogP contribution in [-0.2, 0) is 7.05 Å². The smallest absolute Gasteiger partial charge is 0.235 e. The lowest BCUT2D eigenvalue weighted by Crippen LogP contribution is -2.29. The van der Waals surface area contributed by atoms with Crippen molar-refractivity contribution >= 4 is 28.6 Å². The molecule has 0 bridgehead atoms. The van der Waals surface area contributed by atoms with Gasteiger partial charge < -0.3 is 24.4 Å². The quantitative estimate of drug-likeness (QED) is 0.649. The molecule has 2 N–H and O–H groups in total. The minimum absolute atomic E-state index is 0.0728. The Morgan fingerprint density at radius 2 is 1.97 bits per heavy atom. The number of rotatable bonds is 2. The molecule has 2 aromatic heterocycles. The Morgan fingerprint density at radius 3 is 2.76 bits per heavy atom. The molecule has 0 amide bonds. The van der Waals surface area contributed by atoms with Crippen LogP contribution in [0.25, 0.3) is 17.1 Å². The van der Waals surface area contributed by atoms with E-state index in [0.717, 1.165) is 54.3 Å². The van der Waals surface area contributed by atoms with Gasteiger partial charge in [0.2, 0.25) is 5.78 Å². The van der Waals surface area contributed by atoms with Gasteiger partial charge in [0.15, 0.2) is 5.76 Å². The maximum Gasteiger partial charge on any atom is 0.235 e. The van der Waals surface area contributed by atoms with E-state index in [-0.39, 0.29) is 28.6 Å². The van der Waals surface area contributed by atoms with E-state index in [0.29, 0.717) is 0 Å². The Balaban J connectivity index is 1.63. The highest BCUT2D eigenvalue weighted by atomic mass is 16.5. The number of hydrogen-bond acceptors (Lipinski definition) is 6. The number of allylic oxidation sites excluding steroid dienone is 1. The highest BCUT2D eigenvalue weighted by molar-refractivity contribution is 6.17. The van der Waals surface area contributed by atoms with Gasteiger partial charge >= 0.3 is 0 Å². The van der Waals surface area contributed by atoms with E-state index in [1.807, 2.05) is 30.1 Å². The Bertz CT molecular complexity index is 1170. The molecule has 0 aliphatic carbocycles. The van der Waals surface area contributed by atoms with Gasteiger partial charge in [-0.1, -0.05) is 0 Å². The van der Waals surface area contributed by atoms with Gasteiger partial charge in [-0.05, 0) is 31.4 Å². The summed E-state index contributed by atoms with van der Waals surface area (Å²) in [6.45, 7) is 2.00. The summed E-state index contributed by atoms with van der Waals surface area (Å²) in [5.74, 6) is -0.577. The molecule has 2 aliphatic heterocycles. The van der Waals surface area contributed by atoms with E-state index in [4.69, 9.17) is 4.74 Å². The lowest BCUT2D eigenvalue weighted by molar-refractivity contribution is 0.101. The van der Waals surface area contributed by atoms with Crippen molar-refractivity contribution in [2.24, 2.45) is 7.05 Å². The second-order valence-corrected chi connectivity index (χ2v) is 7.55. The van der Waals surface area contributed by atoms with Crippen molar-refractivity contribution in [3.63, 3.8) is 0 Å². The molecule has 7 nitrogen and oxygen atoms in total. The van der Waals surface area contributed by atoms with Crippen LogP contribution >= 0.6 is 0 Å². The number of ketones is 1. The van der Waals surface area contributed by atoms with Crippen molar-refractivity contribution in [2.75, 3.05) is 18.0 Å². The number of anilines is 1. The van der Waals surface area contributed by atoms with Crippen molar-refractivity contribution in [3.8, 4) is 17.2 Å². The molecule has 0 unspecified atom stereocenters. The number of nitrogens with zero attached hydrogens (tertiary/aromatic N) is 3. The molecule has 1 aromatic carbocycles. The number of aryl methyl sites for hydroxylation is 1. The zero-order chi connectivity index (χ0) is 20.1. The molecule has 4 heterocycles. The standard InChI is InChI=1S/C22H21N3O4/c1-24-12-13(9-18-21(28)20-16(27)10-14(26)11-17(20)29-18)19-15(5-6-23-22(19)24)25-7-3-2-4-8-25/h5-6,9-12,26-27H,2-4,7-8H2,1H3. The largest absolute Gasteiger partial charge is 0.508 e. The normalized spacial score (nSPS) is 17.8. The van der Waals surface area contributed by atoms with Crippen molar-refractivity contribution < 1.29 is 19.7 Å². The fourth-order valence-corrected chi connectivity index (χ4v) is 4.25. The maximum absolute atomic E-state index is 12.8. The van der Waals surface area contributed by atoms with Crippen molar-refractivity contribution in [2.45, 2.75) is 19.3 Å². The number of aromatic nitrogens is 2. The second kappa shape index (κ2) is 6.55. The maximum atomic E-state index is 12.8. The first-order chi connectivity index (χ1) is 14.0. The first-order valence-corrected chi connectivity index (χ1v) is 9.72. The van der Waals surface area contributed by atoms with Crippen LogP contribution < -0.4 is 9.64 Å². The summed E-state index contributed by atoms with van der Waals surface area (Å²) in [5.41, 5.74) is 2.84. The molecule has 0 spiro atoms. The number of ether oxygens (including phenoxy) is 1. The van der Waals surface area contributed by atoms with Crippen LogP contribution in [0.2, 0.25) is 0 Å². The van der Waals surface area contributed by atoms with Gasteiger partial charge in [0.05, 0.1) is 0 Å². The second-order valence-electron chi connectivity index (χ2n) is 7.55. The minimum atomic E-state index is -0.405. The molecule has 29 heavy (non-hydrogen) atoms. The summed E-state index contributed by atoms with van der Waals surface area (Å²) in [7, 11) is 1.92. The monoisotopic (exact) mass is 391 g/mol. The third-order valence-electron chi connectivity index (χ3n) is 5.58. The molecule has 3 aromatic rings. The van der Waals surface area contributed by atoms with E-state index in [1.54, 1.807) is 6.08 Å². The van der Waals surface area contributed by atoms with Crippen molar-refractivity contribution in [3.05, 3.63) is 47.5 Å². The summed E-state index contributed by atoms with van der Waals surface area (Å²) in [4.78, 5) is 19.7. The highest BCUT2D eigenvalue weighted by Crippen LogP contribution is 2.41. The van der Waals surface area contributed by atoms with Gasteiger partial charge in [0.25, 0.3) is 0 Å². The van der Waals surface area contributed by atoms with Gasteiger partial charge in [-0.25, -0.2) is 4.98 Å². The fraction of sp³-hybridized carbons (Fsp3) is 0.273. The van der Waals surface area contributed by atoms with Crippen LogP contribution in [0.4, 0.5) is 5.69 Å². The number of phenols is 2. The third-order valence-corrected chi connectivity index (χ3v) is 5.58. The number of carbonyl (C=O) groups is 1. The molecule has 0 radical (unpaired) electrons. The first kappa shape index (κ1) is 17.6. The molecule has 148 valence electrons. The predicted octanol–water partition coefficient (Wildman–Crippen LogP) is 3.59. The van der Waals surface area contributed by atoms with Gasteiger partial charge in [-0.15, -0.1) is 0 Å². The SMILES string of the molecule is Cn1cc(C=C2Oc3cc(O)cc(O)c3C2=O)c2c(N3CCCCC3)ccnc21. The van der Waals surface area contributed by atoms with E-state index >= 15 is 0 Å². The number of pyridine rings is 1. The van der Waals surface area contributed by atoms with Crippen LogP contribution in [-0.4, -0.2) is 38.6 Å². The molecule has 1 saturated heterocycles. The number of hydrogen-bond donors (Lipinski definition) is 2. The third kappa shape index (κ3) is 2.81. The van der Waals surface area contributed by atoms with Crippen LogP contribution in [0.1, 0.15) is 35.2 Å². The molecule has 0 atom stereocenters. The van der Waals surface area contributed by atoms with E-state index in [9.17, 15) is 15.0 Å². The molecular weight excluding hydrogens is 370 g/mol. The Morgan fingerprint density at radius 1 is 1.17 bits per heavy atom. The summed E-state index contributed by atoms with van der Waals surface area (Å²) < 4.78 is 7.61. The van der Waals surface area contributed by atoms with E-state index in [2.05, 4.69) is 9.88 Å². The average molecular weight is 391 g/mol. The van der Waals surface area contributed by atoms with Crippen molar-refractivity contribution in [1.29, 1.82) is 0 Å². The van der Waals surface area contributed by atoms with Crippen LogP contribution in [0.5, 0.6) is 17.2 Å². The average Bonchev–Trinajstić information content (AvgIpc) is 3.19. The molecular formula is C22H21N3O4. The number of piperidine rings is 1. The number of carbonyl (C=O) groups excluding carboxylic acids is 1. The van der Waals surface area contributed by atoms with Crippen molar-refractivity contribution in [1.82, 2.24) is 9.55 Å². The van der Waals surface area contributed by atoms with Crippen LogP contribution in [0.3, 0.4) is 0 Å². The molecule has 1 fully saturated rings. The first-order valence-electron chi connectivity index (χ1n) is 9.72. The lowest BCUT2D eigenvalue weighted by Gasteiger charge is -2.29. The number of benzene rings is 1. The summed E-state index contributed by atoms with van der Waals surface area (Å²) in [5, 5.41) is 20.7. The van der Waals surface area contributed by atoms with E-state index in [1.165, 1.54) is 12.5 Å². The Kier molecular flexibility index (Phi) is 3.97. The zero-order valence-corrected chi connectivity index (χ0v) is 16.1. The minimum Gasteiger partial charge on any atom is -0.508 e. The van der Waals surface area contributed by atoms with Gasteiger partial charge in [0, 0.05) is 61.3 Å². The molecule has 0 saturated carbocycles. The fourth-order valence-electron chi connectivity index (χ4n) is 4.25. The number of aromatic hydroxyl groups is 2. The number of Topliss-reactive ketones (excluding diaryl/α,β-unsaturated/α-hetero) is 1. The topological polar surface area (TPSA) is 87.8 Å². The van der Waals surface area contributed by atoms with Gasteiger partial charge in [-0.3, -0.25) is 4.79 Å². The molecule has 7 heteroatoms. The summed E-state index contributed by atoms with van der Waals surface area (Å²) in [6.07, 6.45) is 9.00. The lowest BCUT2D eigenvalue weighted by atomic mass is 10.1. The van der Waals surface area contributed by atoms with E-state index < -0.39 is 5.78 Å².